The molecule has 16 heavy (non-hydrogen) atoms. The third-order valence-corrected chi connectivity index (χ3v) is 4.17. The van der Waals surface area contributed by atoms with Gasteiger partial charge in [-0.3, -0.25) is 0 Å². The molecule has 1 aliphatic carbocycles. The van der Waals surface area contributed by atoms with Gasteiger partial charge in [-0.05, 0) is 25.0 Å². The van der Waals surface area contributed by atoms with Crippen LogP contribution in [0.4, 0.5) is 5.69 Å². The van der Waals surface area contributed by atoms with Gasteiger partial charge in [0, 0.05) is 5.25 Å². The van der Waals surface area contributed by atoms with Gasteiger partial charge in [0.1, 0.15) is 5.03 Å². The Balaban J connectivity index is 2.03. The molecule has 0 bridgehead atoms. The number of anilines is 1. The molecule has 0 unspecified atom stereocenters. The second kappa shape index (κ2) is 5.43. The van der Waals surface area contributed by atoms with Crippen LogP contribution in [0, 0.1) is 0 Å². The van der Waals surface area contributed by atoms with E-state index in [0.29, 0.717) is 11.6 Å². The number of rotatable bonds is 3. The van der Waals surface area contributed by atoms with Crippen molar-refractivity contribution in [2.24, 2.45) is 0 Å². The Hall–Kier alpha value is -0.900. The number of nitrogens with zero attached hydrogens (tertiary/aromatic N) is 1. The first-order valence-corrected chi connectivity index (χ1v) is 6.64. The number of pyridine rings is 1. The largest absolute Gasteiger partial charge is 0.480 e. The van der Waals surface area contributed by atoms with Crippen molar-refractivity contribution < 1.29 is 4.74 Å². The van der Waals surface area contributed by atoms with Gasteiger partial charge in [-0.25, -0.2) is 4.98 Å². The topological polar surface area (TPSA) is 48.1 Å². The lowest BCUT2D eigenvalue weighted by Crippen LogP contribution is -2.08. The molecule has 1 saturated carbocycles. The fourth-order valence-corrected chi connectivity index (χ4v) is 3.21. The van der Waals surface area contributed by atoms with Gasteiger partial charge >= 0.3 is 0 Å². The number of ether oxygens (including phenoxy) is 1. The Morgan fingerprint density at radius 1 is 1.31 bits per heavy atom. The van der Waals surface area contributed by atoms with Gasteiger partial charge < -0.3 is 10.5 Å². The predicted octanol–water partition coefficient (Wildman–Crippen LogP) is 3.10. The lowest BCUT2D eigenvalue weighted by Gasteiger charge is -2.20. The summed E-state index contributed by atoms with van der Waals surface area (Å²) in [6.45, 7) is 0. The van der Waals surface area contributed by atoms with Crippen LogP contribution in [-0.2, 0) is 0 Å². The summed E-state index contributed by atoms with van der Waals surface area (Å²) < 4.78 is 5.13. The van der Waals surface area contributed by atoms with Crippen molar-refractivity contribution in [2.75, 3.05) is 12.8 Å². The zero-order valence-electron chi connectivity index (χ0n) is 9.61. The summed E-state index contributed by atoms with van der Waals surface area (Å²) in [6, 6.07) is 3.86. The van der Waals surface area contributed by atoms with Gasteiger partial charge in [0.2, 0.25) is 5.88 Å². The fraction of sp³-hybridized carbons (Fsp3) is 0.583. The maximum atomic E-state index is 5.74. The zero-order chi connectivity index (χ0) is 11.4. The van der Waals surface area contributed by atoms with Crippen LogP contribution >= 0.6 is 11.8 Å². The molecule has 0 amide bonds. The van der Waals surface area contributed by atoms with E-state index in [0.717, 1.165) is 10.3 Å². The van der Waals surface area contributed by atoms with Crippen molar-refractivity contribution in [1.29, 1.82) is 0 Å². The molecule has 0 aromatic carbocycles. The number of hydrogen-bond acceptors (Lipinski definition) is 4. The van der Waals surface area contributed by atoms with Gasteiger partial charge in [0.15, 0.2) is 0 Å². The number of hydrogen-bond donors (Lipinski definition) is 1. The monoisotopic (exact) mass is 238 g/mol. The van der Waals surface area contributed by atoms with Crippen LogP contribution in [0.1, 0.15) is 32.1 Å². The number of nitrogens with two attached hydrogens (primary N) is 1. The first kappa shape index (κ1) is 11.6. The molecule has 1 aromatic heterocycles. The maximum Gasteiger partial charge on any atom is 0.237 e. The predicted molar refractivity (Wildman–Crippen MR) is 67.9 cm³/mol. The van der Waals surface area contributed by atoms with E-state index in [1.165, 1.54) is 32.1 Å². The number of thioether (sulfide) groups is 1. The van der Waals surface area contributed by atoms with E-state index in [1.807, 2.05) is 23.9 Å². The van der Waals surface area contributed by atoms with E-state index < -0.39 is 0 Å². The van der Waals surface area contributed by atoms with Crippen molar-refractivity contribution in [3.63, 3.8) is 0 Å². The molecule has 1 aromatic rings. The van der Waals surface area contributed by atoms with Crippen LogP contribution < -0.4 is 10.5 Å². The molecule has 2 N–H and O–H groups in total. The smallest absolute Gasteiger partial charge is 0.237 e. The molecule has 0 radical (unpaired) electrons. The van der Waals surface area contributed by atoms with E-state index in [1.54, 1.807) is 7.11 Å². The minimum atomic E-state index is 0.542. The Morgan fingerprint density at radius 2 is 2.06 bits per heavy atom. The van der Waals surface area contributed by atoms with E-state index >= 15 is 0 Å². The third kappa shape index (κ3) is 2.82. The fourth-order valence-electron chi connectivity index (χ4n) is 2.02. The molecule has 0 aliphatic heterocycles. The minimum absolute atomic E-state index is 0.542. The van der Waals surface area contributed by atoms with Crippen LogP contribution in [-0.4, -0.2) is 17.3 Å². The summed E-state index contributed by atoms with van der Waals surface area (Å²) in [7, 11) is 1.60. The summed E-state index contributed by atoms with van der Waals surface area (Å²) >= 11 is 1.86. The van der Waals surface area contributed by atoms with E-state index in [2.05, 4.69) is 4.98 Å². The Morgan fingerprint density at radius 3 is 2.75 bits per heavy atom. The SMILES string of the molecule is COc1nc(SC2CCCCC2)ccc1N. The van der Waals surface area contributed by atoms with Crippen LogP contribution in [0.25, 0.3) is 0 Å². The van der Waals surface area contributed by atoms with Crippen LogP contribution in [0.5, 0.6) is 5.88 Å². The van der Waals surface area contributed by atoms with Crippen molar-refractivity contribution in [3.05, 3.63) is 12.1 Å². The van der Waals surface area contributed by atoms with E-state index in [-0.39, 0.29) is 0 Å². The molecule has 4 heteroatoms. The quantitative estimate of drug-likeness (QED) is 0.879. The lowest BCUT2D eigenvalue weighted by atomic mass is 10.0. The highest BCUT2D eigenvalue weighted by Gasteiger charge is 2.15. The molecule has 1 aliphatic rings. The molecule has 88 valence electrons. The third-order valence-electron chi connectivity index (χ3n) is 2.90. The minimum Gasteiger partial charge on any atom is -0.480 e. The van der Waals surface area contributed by atoms with Gasteiger partial charge in [0.05, 0.1) is 12.8 Å². The van der Waals surface area contributed by atoms with Gasteiger partial charge in [-0.2, -0.15) is 0 Å². The van der Waals surface area contributed by atoms with Crippen LogP contribution in [0.2, 0.25) is 0 Å². The Kier molecular flexibility index (Phi) is 3.93. The number of aromatic nitrogens is 1. The summed E-state index contributed by atoms with van der Waals surface area (Å²) in [4.78, 5) is 4.40. The van der Waals surface area contributed by atoms with Crippen molar-refractivity contribution in [2.45, 2.75) is 42.4 Å². The standard InChI is InChI=1S/C12H18N2OS/c1-15-12-10(13)7-8-11(14-12)16-9-5-3-2-4-6-9/h7-9H,2-6,13H2,1H3. The molecule has 1 heterocycles. The zero-order valence-corrected chi connectivity index (χ0v) is 10.4. The first-order valence-electron chi connectivity index (χ1n) is 5.77. The van der Waals surface area contributed by atoms with E-state index in [4.69, 9.17) is 10.5 Å². The van der Waals surface area contributed by atoms with Crippen LogP contribution in [0.15, 0.2) is 17.2 Å². The molecule has 0 saturated heterocycles. The molecule has 0 atom stereocenters. The molecule has 2 rings (SSSR count). The maximum absolute atomic E-state index is 5.74. The molecule has 1 fully saturated rings. The molecular weight excluding hydrogens is 220 g/mol. The average Bonchev–Trinajstić information content (AvgIpc) is 2.33. The average molecular weight is 238 g/mol. The molecule has 3 nitrogen and oxygen atoms in total. The van der Waals surface area contributed by atoms with Crippen molar-refractivity contribution in [1.82, 2.24) is 4.98 Å². The Bertz CT molecular complexity index is 351. The molecule has 0 spiro atoms. The second-order valence-electron chi connectivity index (χ2n) is 4.13. The first-order chi connectivity index (χ1) is 7.79. The molecular formula is C12H18N2OS. The van der Waals surface area contributed by atoms with Gasteiger partial charge in [-0.1, -0.05) is 19.3 Å². The van der Waals surface area contributed by atoms with Gasteiger partial charge in [0.25, 0.3) is 0 Å². The number of methoxy groups -OCH3 is 1. The summed E-state index contributed by atoms with van der Waals surface area (Å²) in [5.41, 5.74) is 6.34. The second-order valence-corrected chi connectivity index (χ2v) is 5.45. The van der Waals surface area contributed by atoms with Crippen molar-refractivity contribution >= 4 is 17.4 Å². The Labute approximate surface area is 101 Å². The summed E-state index contributed by atoms with van der Waals surface area (Å²) in [5.74, 6) is 0.542. The highest BCUT2D eigenvalue weighted by Crippen LogP contribution is 2.34. The van der Waals surface area contributed by atoms with Crippen molar-refractivity contribution in [3.8, 4) is 5.88 Å². The highest BCUT2D eigenvalue weighted by atomic mass is 32.2. The van der Waals surface area contributed by atoms with Crippen LogP contribution in [0.3, 0.4) is 0 Å². The number of nitrogen functional groups attached to an aromatic ring is 1. The lowest BCUT2D eigenvalue weighted by molar-refractivity contribution is 0.397. The summed E-state index contributed by atoms with van der Waals surface area (Å²) in [6.07, 6.45) is 6.70. The highest BCUT2D eigenvalue weighted by molar-refractivity contribution is 7.99. The van der Waals surface area contributed by atoms with Gasteiger partial charge in [-0.15, -0.1) is 11.8 Å². The van der Waals surface area contributed by atoms with E-state index in [9.17, 15) is 0 Å². The summed E-state index contributed by atoms with van der Waals surface area (Å²) in [5, 5.41) is 1.74. The normalized spacial score (nSPS) is 17.3.